The highest BCUT2D eigenvalue weighted by molar-refractivity contribution is 7.92. The number of nitrogens with one attached hydrogen (secondary N) is 3. The fraction of sp³-hybridized carbons (Fsp3) is 0.444. The number of fused-ring (bicyclic) bond motifs is 2. The summed E-state index contributed by atoms with van der Waals surface area (Å²) in [5.41, 5.74) is -1.85. The van der Waals surface area contributed by atoms with Crippen LogP contribution in [0.3, 0.4) is 0 Å². The zero-order valence-corrected chi connectivity index (χ0v) is 24.0. The largest absolute Gasteiger partial charge is 0.453 e. The number of rotatable bonds is 9. The second kappa shape index (κ2) is 12.5. The summed E-state index contributed by atoms with van der Waals surface area (Å²) < 4.78 is 72.2. The molecule has 4 atom stereocenters. The first-order valence-corrected chi connectivity index (χ1v) is 15.0. The average molecular weight is 632 g/mol. The molecule has 2 aliphatic rings. The van der Waals surface area contributed by atoms with Crippen LogP contribution in [0, 0.1) is 29.3 Å². The van der Waals surface area contributed by atoms with Gasteiger partial charge in [-0.05, 0) is 55.7 Å². The van der Waals surface area contributed by atoms with E-state index < -0.39 is 67.9 Å². The van der Waals surface area contributed by atoms with Crippen LogP contribution in [-0.4, -0.2) is 62.5 Å². The van der Waals surface area contributed by atoms with Gasteiger partial charge in [0.05, 0.1) is 27.9 Å². The van der Waals surface area contributed by atoms with Crippen molar-refractivity contribution < 1.29 is 45.8 Å². The van der Waals surface area contributed by atoms with Crippen LogP contribution in [-0.2, 0) is 19.4 Å². The van der Waals surface area contributed by atoms with Crippen molar-refractivity contribution >= 4 is 45.0 Å². The number of alkyl carbamates (subject to hydrolysis) is 1. The Labute approximate surface area is 244 Å². The van der Waals surface area contributed by atoms with Crippen LogP contribution in [0.1, 0.15) is 42.5 Å². The highest BCUT2D eigenvalue weighted by Gasteiger charge is 2.55. The van der Waals surface area contributed by atoms with Crippen molar-refractivity contribution in [3.63, 3.8) is 0 Å². The highest BCUT2D eigenvalue weighted by Crippen LogP contribution is 2.52. The molecule has 2 aromatic carbocycles. The standard InChI is InChI=1S/C27H29ClF3N3O7S/c1-41-26(37)32-7-6-23(35)33-13-27(38)15-3-4-16(27)10-18(9-15)42(39,40)22-8-14(2-5-19(22)28)25(36)34-17-11-20(29)24(31)21(30)12-17/h2,5,8,11-12,15-16,18,38H,3-4,6-7,9-10,13H2,1H3,(H,32,37)(H,33,35)(H,34,36)/t15-,16?,18?,27?/m0/s1. The number of anilines is 1. The topological polar surface area (TPSA) is 151 Å². The Hall–Kier alpha value is -3.36. The monoisotopic (exact) mass is 631 g/mol. The molecular weight excluding hydrogens is 603 g/mol. The van der Waals surface area contributed by atoms with Crippen LogP contribution in [0.5, 0.6) is 0 Å². The Bertz CT molecular complexity index is 1470. The molecule has 2 aliphatic carbocycles. The van der Waals surface area contributed by atoms with Crippen LogP contribution >= 0.6 is 11.6 Å². The van der Waals surface area contributed by atoms with Gasteiger partial charge in [0.15, 0.2) is 27.3 Å². The number of amides is 3. The van der Waals surface area contributed by atoms with Crippen molar-refractivity contribution in [1.29, 1.82) is 0 Å². The second-order valence-corrected chi connectivity index (χ2v) is 13.0. The van der Waals surface area contributed by atoms with Crippen molar-refractivity contribution in [3.8, 4) is 0 Å². The minimum absolute atomic E-state index is 0.0367. The fourth-order valence-corrected chi connectivity index (χ4v) is 8.11. The van der Waals surface area contributed by atoms with Gasteiger partial charge in [-0.1, -0.05) is 11.6 Å². The molecule has 2 aromatic rings. The van der Waals surface area contributed by atoms with Crippen molar-refractivity contribution in [3.05, 3.63) is 58.4 Å². The SMILES string of the molecule is COC(=O)NCCC(=O)NCC1(O)C2CC[C@H]1CC(S(=O)(=O)c1cc(C(=O)Nc3cc(F)c(F)c(F)c3)ccc1Cl)C2. The van der Waals surface area contributed by atoms with Gasteiger partial charge in [0, 0.05) is 42.9 Å². The van der Waals surface area contributed by atoms with Gasteiger partial charge in [-0.25, -0.2) is 26.4 Å². The molecule has 3 amide bonds. The third-order valence-corrected chi connectivity index (χ3v) is 10.6. The quantitative estimate of drug-likeness (QED) is 0.309. The Morgan fingerprint density at radius 2 is 1.67 bits per heavy atom. The maximum atomic E-state index is 13.7. The highest BCUT2D eigenvalue weighted by atomic mass is 35.5. The molecule has 0 aliphatic heterocycles. The van der Waals surface area contributed by atoms with E-state index in [1.165, 1.54) is 19.2 Å². The lowest BCUT2D eigenvalue weighted by atomic mass is 9.74. The lowest BCUT2D eigenvalue weighted by molar-refractivity contribution is -0.124. The predicted octanol–water partition coefficient (Wildman–Crippen LogP) is 3.57. The van der Waals surface area contributed by atoms with E-state index in [-0.39, 0.29) is 53.5 Å². The third kappa shape index (κ3) is 6.50. The van der Waals surface area contributed by atoms with Gasteiger partial charge in [0.2, 0.25) is 5.91 Å². The summed E-state index contributed by atoms with van der Waals surface area (Å²) in [4.78, 5) is 35.8. The first-order chi connectivity index (χ1) is 19.8. The number of carbonyl (C=O) groups is 3. The number of benzene rings is 2. The van der Waals surface area contributed by atoms with Crippen LogP contribution < -0.4 is 16.0 Å². The number of hydrogen-bond acceptors (Lipinski definition) is 7. The van der Waals surface area contributed by atoms with Crippen molar-refractivity contribution in [1.82, 2.24) is 10.6 Å². The normalized spacial score (nSPS) is 23.2. The van der Waals surface area contributed by atoms with Crippen LogP contribution in [0.2, 0.25) is 5.02 Å². The number of ether oxygens (including phenoxy) is 1. The minimum Gasteiger partial charge on any atom is -0.453 e. The molecule has 0 radical (unpaired) electrons. The number of hydrogen-bond donors (Lipinski definition) is 4. The molecule has 10 nitrogen and oxygen atoms in total. The van der Waals surface area contributed by atoms with E-state index in [4.69, 9.17) is 11.6 Å². The molecule has 15 heteroatoms. The maximum absolute atomic E-state index is 13.7. The van der Waals surface area contributed by atoms with Gasteiger partial charge >= 0.3 is 6.09 Å². The molecular formula is C27H29ClF3N3O7S. The Morgan fingerprint density at radius 3 is 2.26 bits per heavy atom. The Balaban J connectivity index is 1.45. The molecule has 4 rings (SSSR count). The van der Waals surface area contributed by atoms with E-state index in [2.05, 4.69) is 20.7 Å². The molecule has 0 spiro atoms. The van der Waals surface area contributed by atoms with Gasteiger partial charge in [-0.2, -0.15) is 0 Å². The summed E-state index contributed by atoms with van der Waals surface area (Å²) in [5, 5.41) is 17.6. The van der Waals surface area contributed by atoms with Gasteiger partial charge in [0.25, 0.3) is 5.91 Å². The summed E-state index contributed by atoms with van der Waals surface area (Å²) in [7, 11) is -2.91. The van der Waals surface area contributed by atoms with E-state index in [0.29, 0.717) is 25.0 Å². The predicted molar refractivity (Wildman–Crippen MR) is 145 cm³/mol. The Morgan fingerprint density at radius 1 is 1.05 bits per heavy atom. The van der Waals surface area contributed by atoms with E-state index >= 15 is 0 Å². The molecule has 2 saturated carbocycles. The van der Waals surface area contributed by atoms with Gasteiger partial charge in [0.1, 0.15) is 0 Å². The minimum atomic E-state index is -4.10. The molecule has 0 saturated heterocycles. The van der Waals surface area contributed by atoms with Crippen LogP contribution in [0.25, 0.3) is 0 Å². The van der Waals surface area contributed by atoms with Gasteiger partial charge in [-0.3, -0.25) is 9.59 Å². The summed E-state index contributed by atoms with van der Waals surface area (Å²) in [6.07, 6.45) is 0.572. The first-order valence-electron chi connectivity index (χ1n) is 13.1. The fourth-order valence-electron chi connectivity index (χ4n) is 5.70. The van der Waals surface area contributed by atoms with E-state index in [1.807, 2.05) is 0 Å². The number of aliphatic hydroxyl groups is 1. The molecule has 3 unspecified atom stereocenters. The smallest absolute Gasteiger partial charge is 0.406 e. The van der Waals surface area contributed by atoms with Gasteiger partial charge in [-0.15, -0.1) is 0 Å². The van der Waals surface area contributed by atoms with Gasteiger partial charge < -0.3 is 25.8 Å². The molecule has 4 N–H and O–H groups in total. The second-order valence-electron chi connectivity index (χ2n) is 10.4. The van der Waals surface area contributed by atoms with Crippen LogP contribution in [0.4, 0.5) is 23.7 Å². The van der Waals surface area contributed by atoms with E-state index in [0.717, 1.165) is 6.07 Å². The number of halogens is 4. The number of sulfone groups is 1. The molecule has 0 aromatic heterocycles. The zero-order valence-electron chi connectivity index (χ0n) is 22.4. The maximum Gasteiger partial charge on any atom is 0.406 e. The van der Waals surface area contributed by atoms with Crippen molar-refractivity contribution in [2.45, 2.75) is 47.9 Å². The lowest BCUT2D eigenvalue weighted by Gasteiger charge is -2.42. The summed E-state index contributed by atoms with van der Waals surface area (Å²) in [6, 6.07) is 4.69. The first kappa shape index (κ1) is 31.6. The number of carbonyl (C=O) groups excluding carboxylic acids is 3. The molecule has 2 fully saturated rings. The summed E-state index contributed by atoms with van der Waals surface area (Å²) in [5.74, 6) is -6.88. The lowest BCUT2D eigenvalue weighted by Crippen LogP contribution is -2.54. The molecule has 0 heterocycles. The van der Waals surface area contributed by atoms with Crippen molar-refractivity contribution in [2.24, 2.45) is 11.8 Å². The van der Waals surface area contributed by atoms with Crippen molar-refractivity contribution in [2.75, 3.05) is 25.5 Å². The average Bonchev–Trinajstić information content (AvgIpc) is 3.09. The molecule has 228 valence electrons. The Kier molecular flexibility index (Phi) is 9.38. The summed E-state index contributed by atoms with van der Waals surface area (Å²) in [6.45, 7) is -0.0349. The van der Waals surface area contributed by atoms with E-state index in [9.17, 15) is 41.1 Å². The number of methoxy groups -OCH3 is 1. The molecule has 2 bridgehead atoms. The summed E-state index contributed by atoms with van der Waals surface area (Å²) >= 11 is 6.24. The zero-order chi connectivity index (χ0) is 30.8. The van der Waals surface area contributed by atoms with E-state index in [1.54, 1.807) is 0 Å². The van der Waals surface area contributed by atoms with Crippen LogP contribution in [0.15, 0.2) is 35.2 Å². The molecule has 42 heavy (non-hydrogen) atoms. The third-order valence-electron chi connectivity index (χ3n) is 7.93.